The Kier molecular flexibility index (Phi) is 4.76. The summed E-state index contributed by atoms with van der Waals surface area (Å²) in [6.07, 6.45) is 4.93. The molecule has 120 valence electrons. The van der Waals surface area contributed by atoms with Gasteiger partial charge in [-0.3, -0.25) is 9.89 Å². The number of aromatic nitrogens is 3. The second-order valence-corrected chi connectivity index (χ2v) is 5.71. The van der Waals surface area contributed by atoms with E-state index < -0.39 is 0 Å². The summed E-state index contributed by atoms with van der Waals surface area (Å²) in [5.74, 6) is -0.110. The Bertz CT molecular complexity index is 787. The molecule has 0 aliphatic carbocycles. The van der Waals surface area contributed by atoms with Gasteiger partial charge in [-0.2, -0.15) is 5.10 Å². The van der Waals surface area contributed by atoms with Gasteiger partial charge in [-0.15, -0.1) is 0 Å². The van der Waals surface area contributed by atoms with Crippen molar-refractivity contribution in [2.24, 2.45) is 0 Å². The highest BCUT2D eigenvalue weighted by atomic mass is 16.1. The normalized spacial score (nSPS) is 11.0. The number of hydrogen-bond acceptors (Lipinski definition) is 2. The van der Waals surface area contributed by atoms with Gasteiger partial charge in [0.05, 0.1) is 0 Å². The van der Waals surface area contributed by atoms with Crippen molar-refractivity contribution in [1.29, 1.82) is 0 Å². The molecule has 2 aromatic heterocycles. The first-order chi connectivity index (χ1) is 11.3. The van der Waals surface area contributed by atoms with Gasteiger partial charge in [0.25, 0.3) is 5.91 Å². The van der Waals surface area contributed by atoms with E-state index >= 15 is 0 Å². The molecule has 2 N–H and O–H groups in total. The maximum absolute atomic E-state index is 12.0. The first kappa shape index (κ1) is 15.3. The third-order valence-electron chi connectivity index (χ3n) is 3.92. The molecule has 0 saturated heterocycles. The number of rotatable bonds is 7. The van der Waals surface area contributed by atoms with Crippen molar-refractivity contribution in [3.8, 4) is 0 Å². The van der Waals surface area contributed by atoms with Crippen LogP contribution in [0.25, 0.3) is 10.9 Å². The fourth-order valence-corrected chi connectivity index (χ4v) is 2.75. The number of hydrogen-bond donors (Lipinski definition) is 2. The minimum atomic E-state index is -0.110. The van der Waals surface area contributed by atoms with Crippen LogP contribution >= 0.6 is 0 Å². The fourth-order valence-electron chi connectivity index (χ4n) is 2.75. The predicted octanol–water partition coefficient (Wildman–Crippen LogP) is 3.14. The molecule has 0 aliphatic rings. The summed E-state index contributed by atoms with van der Waals surface area (Å²) < 4.78 is 2.22. The lowest BCUT2D eigenvalue weighted by molar-refractivity contribution is 0.0948. The number of aryl methyl sites for hydroxylation is 2. The van der Waals surface area contributed by atoms with Crippen molar-refractivity contribution in [2.75, 3.05) is 6.54 Å². The van der Waals surface area contributed by atoms with Crippen LogP contribution in [0, 0.1) is 0 Å². The molecule has 0 saturated carbocycles. The van der Waals surface area contributed by atoms with E-state index in [0.717, 1.165) is 31.5 Å². The molecule has 3 rings (SSSR count). The lowest BCUT2D eigenvalue weighted by Gasteiger charge is -2.06. The molecule has 0 fully saturated rings. The molecule has 0 spiro atoms. The average Bonchev–Trinajstić information content (AvgIpc) is 3.19. The van der Waals surface area contributed by atoms with Gasteiger partial charge in [0.1, 0.15) is 5.69 Å². The Morgan fingerprint density at radius 1 is 1.30 bits per heavy atom. The molecule has 5 heteroatoms. The molecule has 0 radical (unpaired) electrons. The van der Waals surface area contributed by atoms with Crippen LogP contribution in [0.15, 0.2) is 42.6 Å². The van der Waals surface area contributed by atoms with Crippen LogP contribution in [-0.2, 0) is 13.0 Å². The van der Waals surface area contributed by atoms with Crippen LogP contribution in [0.4, 0.5) is 0 Å². The summed E-state index contributed by atoms with van der Waals surface area (Å²) in [4.78, 5) is 12.0. The highest BCUT2D eigenvalue weighted by Crippen LogP contribution is 2.15. The first-order valence-electron chi connectivity index (χ1n) is 8.14. The maximum Gasteiger partial charge on any atom is 0.271 e. The van der Waals surface area contributed by atoms with Gasteiger partial charge in [0.2, 0.25) is 0 Å². The lowest BCUT2D eigenvalue weighted by Crippen LogP contribution is -2.25. The molecule has 0 unspecified atom stereocenters. The van der Waals surface area contributed by atoms with E-state index in [1.54, 1.807) is 0 Å². The second-order valence-electron chi connectivity index (χ2n) is 5.71. The van der Waals surface area contributed by atoms with E-state index in [0.29, 0.717) is 12.2 Å². The summed E-state index contributed by atoms with van der Waals surface area (Å²) in [7, 11) is 0. The quantitative estimate of drug-likeness (QED) is 0.659. The molecular weight excluding hydrogens is 288 g/mol. The zero-order chi connectivity index (χ0) is 16.1. The SMILES string of the molecule is CCCc1cc(C(=O)NCCCn2ccc3ccccc32)n[nH]1. The van der Waals surface area contributed by atoms with Crippen molar-refractivity contribution in [3.63, 3.8) is 0 Å². The molecule has 1 amide bonds. The summed E-state index contributed by atoms with van der Waals surface area (Å²) >= 11 is 0. The van der Waals surface area contributed by atoms with Gasteiger partial charge in [0.15, 0.2) is 0 Å². The van der Waals surface area contributed by atoms with Gasteiger partial charge in [-0.1, -0.05) is 31.5 Å². The van der Waals surface area contributed by atoms with Crippen LogP contribution in [0.2, 0.25) is 0 Å². The molecule has 3 aromatic rings. The minimum absolute atomic E-state index is 0.110. The summed E-state index contributed by atoms with van der Waals surface area (Å²) in [6.45, 7) is 3.63. The second kappa shape index (κ2) is 7.13. The maximum atomic E-state index is 12.0. The largest absolute Gasteiger partial charge is 0.351 e. The molecule has 0 aliphatic heterocycles. The first-order valence-corrected chi connectivity index (χ1v) is 8.14. The van der Waals surface area contributed by atoms with Gasteiger partial charge in [-0.25, -0.2) is 0 Å². The summed E-state index contributed by atoms with van der Waals surface area (Å²) in [5.41, 5.74) is 2.71. The molecule has 1 aromatic carbocycles. The van der Waals surface area contributed by atoms with Gasteiger partial charge < -0.3 is 9.88 Å². The highest BCUT2D eigenvalue weighted by Gasteiger charge is 2.09. The smallest absolute Gasteiger partial charge is 0.271 e. The number of fused-ring (bicyclic) bond motifs is 1. The zero-order valence-electron chi connectivity index (χ0n) is 13.4. The average molecular weight is 310 g/mol. The Morgan fingerprint density at radius 3 is 3.04 bits per heavy atom. The number of benzene rings is 1. The topological polar surface area (TPSA) is 62.7 Å². The predicted molar refractivity (Wildman–Crippen MR) is 91.5 cm³/mol. The summed E-state index contributed by atoms with van der Waals surface area (Å²) in [6, 6.07) is 12.3. The fraction of sp³-hybridized carbons (Fsp3) is 0.333. The van der Waals surface area contributed by atoms with Crippen molar-refractivity contribution >= 4 is 16.8 Å². The highest BCUT2D eigenvalue weighted by molar-refractivity contribution is 5.92. The van der Waals surface area contributed by atoms with Crippen LogP contribution in [0.3, 0.4) is 0 Å². The number of amides is 1. The minimum Gasteiger partial charge on any atom is -0.351 e. The Morgan fingerprint density at radius 2 is 2.17 bits per heavy atom. The molecule has 2 heterocycles. The van der Waals surface area contributed by atoms with Crippen molar-refractivity contribution in [3.05, 3.63) is 54.0 Å². The Balaban J connectivity index is 1.48. The number of carbonyl (C=O) groups excluding carboxylic acids is 1. The van der Waals surface area contributed by atoms with Crippen LogP contribution in [0.1, 0.15) is 35.9 Å². The van der Waals surface area contributed by atoms with Gasteiger partial charge in [-0.05, 0) is 36.4 Å². The molecular formula is C18H22N4O. The van der Waals surface area contributed by atoms with Crippen LogP contribution < -0.4 is 5.32 Å². The van der Waals surface area contributed by atoms with Gasteiger partial charge >= 0.3 is 0 Å². The van der Waals surface area contributed by atoms with Crippen molar-refractivity contribution < 1.29 is 4.79 Å². The number of aromatic amines is 1. The van der Waals surface area contributed by atoms with E-state index in [1.807, 2.05) is 18.2 Å². The Hall–Kier alpha value is -2.56. The molecule has 0 bridgehead atoms. The number of carbonyl (C=O) groups is 1. The molecule has 0 atom stereocenters. The number of nitrogens with zero attached hydrogens (tertiary/aromatic N) is 2. The number of para-hydroxylation sites is 1. The van der Waals surface area contributed by atoms with E-state index in [9.17, 15) is 4.79 Å². The number of nitrogens with one attached hydrogen (secondary N) is 2. The van der Waals surface area contributed by atoms with E-state index in [-0.39, 0.29) is 5.91 Å². The number of H-pyrrole nitrogens is 1. The van der Waals surface area contributed by atoms with Gasteiger partial charge in [0, 0.05) is 30.5 Å². The standard InChI is InChI=1S/C18H22N4O/c1-2-6-15-13-16(21-20-15)18(23)19-10-5-11-22-12-9-14-7-3-4-8-17(14)22/h3-4,7-9,12-13H,2,5-6,10-11H2,1H3,(H,19,23)(H,20,21). The third kappa shape index (κ3) is 3.62. The zero-order valence-corrected chi connectivity index (χ0v) is 13.4. The molecule has 23 heavy (non-hydrogen) atoms. The van der Waals surface area contributed by atoms with Crippen LogP contribution in [-0.4, -0.2) is 27.2 Å². The Labute approximate surface area is 135 Å². The van der Waals surface area contributed by atoms with Crippen LogP contribution in [0.5, 0.6) is 0 Å². The summed E-state index contributed by atoms with van der Waals surface area (Å²) in [5, 5.41) is 11.1. The van der Waals surface area contributed by atoms with E-state index in [4.69, 9.17) is 0 Å². The lowest BCUT2D eigenvalue weighted by atomic mass is 10.2. The molecule has 5 nitrogen and oxygen atoms in total. The van der Waals surface area contributed by atoms with E-state index in [2.05, 4.69) is 51.4 Å². The van der Waals surface area contributed by atoms with E-state index in [1.165, 1.54) is 10.9 Å². The van der Waals surface area contributed by atoms with Crippen molar-refractivity contribution in [1.82, 2.24) is 20.1 Å². The van der Waals surface area contributed by atoms with Crippen molar-refractivity contribution in [2.45, 2.75) is 32.7 Å². The monoisotopic (exact) mass is 310 g/mol. The third-order valence-corrected chi connectivity index (χ3v) is 3.92.